The summed E-state index contributed by atoms with van der Waals surface area (Å²) in [6.45, 7) is 1.99. The summed E-state index contributed by atoms with van der Waals surface area (Å²) in [5, 5.41) is 10.8. The highest BCUT2D eigenvalue weighted by Gasteiger charge is 2.18. The quantitative estimate of drug-likeness (QED) is 0.537. The second-order valence-electron chi connectivity index (χ2n) is 6.17. The van der Waals surface area contributed by atoms with Gasteiger partial charge in [-0.05, 0) is 31.2 Å². The fourth-order valence-electron chi connectivity index (χ4n) is 3.17. The first kappa shape index (κ1) is 17.6. The summed E-state index contributed by atoms with van der Waals surface area (Å²) < 4.78 is 5.18. The van der Waals surface area contributed by atoms with Gasteiger partial charge in [-0.15, -0.1) is 0 Å². The van der Waals surface area contributed by atoms with Crippen LogP contribution in [-0.2, 0) is 4.74 Å². The number of esters is 1. The van der Waals surface area contributed by atoms with Crippen LogP contribution in [0.25, 0.3) is 33.2 Å². The first-order valence-corrected chi connectivity index (χ1v) is 8.79. The Morgan fingerprint density at radius 1 is 0.857 bits per heavy atom. The van der Waals surface area contributed by atoms with E-state index in [1.807, 2.05) is 12.1 Å². The third-order valence-electron chi connectivity index (χ3n) is 4.42. The van der Waals surface area contributed by atoms with Crippen molar-refractivity contribution in [3.63, 3.8) is 0 Å². The number of rotatable bonds is 4. The van der Waals surface area contributed by atoms with Crippen LogP contribution in [0.4, 0.5) is 0 Å². The molecule has 138 valence electrons. The van der Waals surface area contributed by atoms with Crippen molar-refractivity contribution in [2.75, 3.05) is 6.61 Å². The minimum atomic E-state index is -1.05. The number of nitrogens with zero attached hydrogens (tertiary/aromatic N) is 2. The second kappa shape index (κ2) is 7.08. The normalized spacial score (nSPS) is 10.9. The zero-order valence-electron chi connectivity index (χ0n) is 15.0. The van der Waals surface area contributed by atoms with E-state index >= 15 is 0 Å². The lowest BCUT2D eigenvalue weighted by molar-refractivity contribution is 0.0528. The molecule has 4 aromatic rings. The van der Waals surface area contributed by atoms with Crippen LogP contribution in [0.2, 0.25) is 0 Å². The number of ether oxygens (including phenoxy) is 1. The maximum absolute atomic E-state index is 12.5. The highest BCUT2D eigenvalue weighted by Crippen LogP contribution is 2.28. The molecule has 0 amide bonds. The number of para-hydroxylation sites is 2. The molecule has 0 spiro atoms. The number of benzene rings is 2. The van der Waals surface area contributed by atoms with Crippen LogP contribution in [0.1, 0.15) is 27.6 Å². The zero-order valence-corrected chi connectivity index (χ0v) is 15.0. The van der Waals surface area contributed by atoms with E-state index in [0.717, 1.165) is 0 Å². The topological polar surface area (TPSA) is 89.4 Å². The molecule has 0 radical (unpaired) electrons. The van der Waals surface area contributed by atoms with Crippen LogP contribution in [0.5, 0.6) is 0 Å². The lowest BCUT2D eigenvalue weighted by atomic mass is 10.0. The molecule has 2 heterocycles. The fraction of sp³-hybridized carbons (Fsp3) is 0.0909. The van der Waals surface area contributed by atoms with Gasteiger partial charge in [-0.25, -0.2) is 19.6 Å². The zero-order chi connectivity index (χ0) is 19.7. The molecule has 2 aromatic carbocycles. The van der Waals surface area contributed by atoms with Crippen LogP contribution in [0.3, 0.4) is 0 Å². The highest BCUT2D eigenvalue weighted by atomic mass is 16.5. The highest BCUT2D eigenvalue weighted by molar-refractivity contribution is 6.06. The molecular weight excluding hydrogens is 356 g/mol. The maximum Gasteiger partial charge on any atom is 0.338 e. The van der Waals surface area contributed by atoms with Gasteiger partial charge in [0.15, 0.2) is 0 Å². The predicted molar refractivity (Wildman–Crippen MR) is 105 cm³/mol. The van der Waals surface area contributed by atoms with Crippen LogP contribution in [0, 0.1) is 0 Å². The molecule has 2 aromatic heterocycles. The van der Waals surface area contributed by atoms with E-state index in [9.17, 15) is 14.7 Å². The lowest BCUT2D eigenvalue weighted by Gasteiger charge is -2.10. The molecule has 0 atom stereocenters. The summed E-state index contributed by atoms with van der Waals surface area (Å²) in [6.07, 6.45) is 0. The standard InChI is InChI=1S/C22H16N2O4/c1-2-28-22(27)16-12-20(24-18-10-6-4-8-14(16)18)19-11-15(21(25)26)13-7-3-5-9-17(13)23-19/h3-12H,2H2,1H3,(H,25,26). The Kier molecular flexibility index (Phi) is 4.45. The van der Waals surface area contributed by atoms with Crippen molar-refractivity contribution in [1.82, 2.24) is 9.97 Å². The van der Waals surface area contributed by atoms with Gasteiger partial charge in [0.25, 0.3) is 0 Å². The van der Waals surface area contributed by atoms with Crippen LogP contribution >= 0.6 is 0 Å². The minimum Gasteiger partial charge on any atom is -0.478 e. The summed E-state index contributed by atoms with van der Waals surface area (Å²) in [5.74, 6) is -1.51. The van der Waals surface area contributed by atoms with Crippen molar-refractivity contribution in [3.8, 4) is 11.4 Å². The van der Waals surface area contributed by atoms with Gasteiger partial charge >= 0.3 is 11.9 Å². The number of aromatic nitrogens is 2. The van der Waals surface area contributed by atoms with Gasteiger partial charge in [0.05, 0.1) is 40.2 Å². The van der Waals surface area contributed by atoms with Gasteiger partial charge in [-0.3, -0.25) is 0 Å². The molecule has 0 saturated carbocycles. The summed E-state index contributed by atoms with van der Waals surface area (Å²) in [5.41, 5.74) is 2.45. The first-order valence-electron chi connectivity index (χ1n) is 8.79. The van der Waals surface area contributed by atoms with E-state index in [1.165, 1.54) is 6.07 Å². The largest absolute Gasteiger partial charge is 0.478 e. The Balaban J connectivity index is 1.99. The summed E-state index contributed by atoms with van der Waals surface area (Å²) >= 11 is 0. The SMILES string of the molecule is CCOC(=O)c1cc(-c2cc(C(=O)O)c3ccccc3n2)nc2ccccc12. The summed E-state index contributed by atoms with van der Waals surface area (Å²) in [4.78, 5) is 33.4. The number of fused-ring (bicyclic) bond motifs is 2. The number of carboxylic acid groups (broad SMARTS) is 1. The summed E-state index contributed by atoms with van der Waals surface area (Å²) in [7, 11) is 0. The Morgan fingerprint density at radius 3 is 1.89 bits per heavy atom. The third kappa shape index (κ3) is 3.05. The molecular formula is C22H16N2O4. The number of pyridine rings is 2. The van der Waals surface area contributed by atoms with E-state index in [2.05, 4.69) is 9.97 Å². The Hall–Kier alpha value is -3.80. The maximum atomic E-state index is 12.5. The fourth-order valence-corrected chi connectivity index (χ4v) is 3.17. The molecule has 0 saturated heterocycles. The van der Waals surface area contributed by atoms with Crippen LogP contribution < -0.4 is 0 Å². The molecule has 1 N–H and O–H groups in total. The Morgan fingerprint density at radius 2 is 1.36 bits per heavy atom. The number of carboxylic acids is 1. The molecule has 0 aliphatic carbocycles. The molecule has 0 aliphatic rings. The van der Waals surface area contributed by atoms with Gasteiger partial charge in [0.1, 0.15) is 0 Å². The molecule has 6 nitrogen and oxygen atoms in total. The van der Waals surface area contributed by atoms with E-state index in [-0.39, 0.29) is 12.2 Å². The van der Waals surface area contributed by atoms with Gasteiger partial charge < -0.3 is 9.84 Å². The predicted octanol–water partition coefficient (Wildman–Crippen LogP) is 4.32. The molecule has 4 rings (SSSR count). The molecule has 0 unspecified atom stereocenters. The van der Waals surface area contributed by atoms with E-state index in [0.29, 0.717) is 38.8 Å². The van der Waals surface area contributed by atoms with Gasteiger partial charge in [-0.2, -0.15) is 0 Å². The van der Waals surface area contributed by atoms with Crippen LogP contribution in [0.15, 0.2) is 60.7 Å². The number of hydrogen-bond donors (Lipinski definition) is 1. The summed E-state index contributed by atoms with van der Waals surface area (Å²) in [6, 6.07) is 17.3. The molecule has 28 heavy (non-hydrogen) atoms. The Bertz CT molecular complexity index is 1230. The van der Waals surface area contributed by atoms with E-state index < -0.39 is 11.9 Å². The number of hydrogen-bond acceptors (Lipinski definition) is 5. The van der Waals surface area contributed by atoms with Crippen molar-refractivity contribution in [1.29, 1.82) is 0 Å². The minimum absolute atomic E-state index is 0.133. The molecule has 0 bridgehead atoms. The lowest BCUT2D eigenvalue weighted by Crippen LogP contribution is -2.07. The van der Waals surface area contributed by atoms with Crippen molar-refractivity contribution >= 4 is 33.7 Å². The number of carbonyl (C=O) groups is 2. The second-order valence-corrected chi connectivity index (χ2v) is 6.17. The van der Waals surface area contributed by atoms with Crippen LogP contribution in [-0.4, -0.2) is 33.6 Å². The van der Waals surface area contributed by atoms with Gasteiger partial charge in [0, 0.05) is 10.8 Å². The molecule has 0 aliphatic heterocycles. The number of carbonyl (C=O) groups excluding carboxylic acids is 1. The third-order valence-corrected chi connectivity index (χ3v) is 4.42. The monoisotopic (exact) mass is 372 g/mol. The van der Waals surface area contributed by atoms with E-state index in [4.69, 9.17) is 4.74 Å². The Labute approximate surface area is 160 Å². The van der Waals surface area contributed by atoms with Crippen molar-refractivity contribution < 1.29 is 19.4 Å². The average Bonchev–Trinajstić information content (AvgIpc) is 2.72. The molecule has 6 heteroatoms. The van der Waals surface area contributed by atoms with E-state index in [1.54, 1.807) is 49.4 Å². The first-order chi connectivity index (χ1) is 13.6. The van der Waals surface area contributed by atoms with Crippen molar-refractivity contribution in [2.45, 2.75) is 6.92 Å². The van der Waals surface area contributed by atoms with Gasteiger partial charge in [-0.1, -0.05) is 36.4 Å². The van der Waals surface area contributed by atoms with Crippen molar-refractivity contribution in [3.05, 3.63) is 71.8 Å². The molecule has 0 fully saturated rings. The number of aromatic carboxylic acids is 1. The average molecular weight is 372 g/mol. The smallest absolute Gasteiger partial charge is 0.338 e. The van der Waals surface area contributed by atoms with Crippen molar-refractivity contribution in [2.24, 2.45) is 0 Å². The van der Waals surface area contributed by atoms with Gasteiger partial charge in [0.2, 0.25) is 0 Å².